The van der Waals surface area contributed by atoms with Crippen LogP contribution in [0.25, 0.3) is 11.1 Å². The van der Waals surface area contributed by atoms with Crippen LogP contribution in [-0.4, -0.2) is 31.9 Å². The number of hydrogen-bond donors (Lipinski definition) is 0. The van der Waals surface area contributed by atoms with Gasteiger partial charge in [0.2, 0.25) is 0 Å². The lowest BCUT2D eigenvalue weighted by molar-refractivity contribution is 0.0733. The fraction of sp³-hybridized carbons (Fsp3) is 0.457. The van der Waals surface area contributed by atoms with E-state index in [0.29, 0.717) is 30.3 Å². The molecule has 216 valence electrons. The summed E-state index contributed by atoms with van der Waals surface area (Å²) in [6.45, 7) is 8.16. The zero-order valence-electron chi connectivity index (χ0n) is 24.5. The monoisotopic (exact) mass is 546 g/mol. The standard InChI is InChI=1S/C35H46O5/c1-4-6-8-11-15-28(3)39-31-19-21-32(22-20-31)40-35(36)30-18-23-33(29-16-12-10-13-17-29)34(27-30)38-26-25-37-24-14-9-7-5-2/h10,12-13,16-23,27-28H,4-9,11,14-15,24-26H2,1-3H3. The minimum atomic E-state index is -0.436. The van der Waals surface area contributed by atoms with Gasteiger partial charge in [-0.1, -0.05) is 82.7 Å². The van der Waals surface area contributed by atoms with Crippen molar-refractivity contribution in [2.24, 2.45) is 0 Å². The summed E-state index contributed by atoms with van der Waals surface area (Å²) in [5, 5.41) is 0. The lowest BCUT2D eigenvalue weighted by Gasteiger charge is -2.15. The van der Waals surface area contributed by atoms with Crippen LogP contribution in [-0.2, 0) is 4.74 Å². The van der Waals surface area contributed by atoms with Gasteiger partial charge in [0.15, 0.2) is 0 Å². The molecule has 0 fully saturated rings. The lowest BCUT2D eigenvalue weighted by atomic mass is 10.0. The van der Waals surface area contributed by atoms with Crippen molar-refractivity contribution in [2.45, 2.75) is 84.7 Å². The molecule has 5 nitrogen and oxygen atoms in total. The summed E-state index contributed by atoms with van der Waals surface area (Å²) in [6.07, 6.45) is 10.8. The summed E-state index contributed by atoms with van der Waals surface area (Å²) in [6, 6.07) is 22.7. The van der Waals surface area contributed by atoms with E-state index in [9.17, 15) is 4.79 Å². The molecule has 0 bridgehead atoms. The Balaban J connectivity index is 1.58. The first kappa shape index (κ1) is 31.2. The van der Waals surface area contributed by atoms with E-state index in [4.69, 9.17) is 18.9 Å². The maximum Gasteiger partial charge on any atom is 0.343 e. The number of hydrogen-bond acceptors (Lipinski definition) is 5. The Labute approximate surface area is 240 Å². The van der Waals surface area contributed by atoms with Gasteiger partial charge in [-0.05, 0) is 74.2 Å². The number of benzene rings is 3. The van der Waals surface area contributed by atoms with Gasteiger partial charge in [-0.25, -0.2) is 4.79 Å². The van der Waals surface area contributed by atoms with Crippen molar-refractivity contribution in [2.75, 3.05) is 19.8 Å². The molecule has 3 aromatic rings. The summed E-state index contributed by atoms with van der Waals surface area (Å²) in [7, 11) is 0. The van der Waals surface area contributed by atoms with Crippen LogP contribution in [0.2, 0.25) is 0 Å². The molecule has 0 aliphatic heterocycles. The summed E-state index contributed by atoms with van der Waals surface area (Å²) in [5.41, 5.74) is 2.37. The first-order chi connectivity index (χ1) is 19.6. The van der Waals surface area contributed by atoms with E-state index in [1.54, 1.807) is 24.3 Å². The molecule has 5 heteroatoms. The fourth-order valence-corrected chi connectivity index (χ4v) is 4.47. The largest absolute Gasteiger partial charge is 0.491 e. The molecule has 0 saturated carbocycles. The smallest absolute Gasteiger partial charge is 0.343 e. The van der Waals surface area contributed by atoms with Crippen molar-refractivity contribution >= 4 is 5.97 Å². The highest BCUT2D eigenvalue weighted by molar-refractivity contribution is 5.92. The van der Waals surface area contributed by atoms with Crippen LogP contribution in [0.5, 0.6) is 17.2 Å². The molecule has 1 atom stereocenters. The van der Waals surface area contributed by atoms with E-state index in [0.717, 1.165) is 36.3 Å². The van der Waals surface area contributed by atoms with E-state index >= 15 is 0 Å². The Morgan fingerprint density at radius 2 is 1.43 bits per heavy atom. The van der Waals surface area contributed by atoms with Gasteiger partial charge in [0.05, 0.1) is 18.3 Å². The normalized spacial score (nSPS) is 11.7. The molecule has 0 radical (unpaired) electrons. The molecule has 0 aromatic heterocycles. The van der Waals surface area contributed by atoms with Crippen LogP contribution in [0.3, 0.4) is 0 Å². The Morgan fingerprint density at radius 3 is 2.15 bits per heavy atom. The van der Waals surface area contributed by atoms with E-state index < -0.39 is 5.97 Å². The highest BCUT2D eigenvalue weighted by atomic mass is 16.5. The molecule has 1 unspecified atom stereocenters. The van der Waals surface area contributed by atoms with Crippen LogP contribution in [0.1, 0.15) is 88.9 Å². The van der Waals surface area contributed by atoms with Gasteiger partial charge in [0.25, 0.3) is 0 Å². The van der Waals surface area contributed by atoms with Crippen molar-refractivity contribution in [3.8, 4) is 28.4 Å². The second kappa shape index (κ2) is 18.1. The molecular weight excluding hydrogens is 500 g/mol. The second-order valence-corrected chi connectivity index (χ2v) is 10.2. The lowest BCUT2D eigenvalue weighted by Crippen LogP contribution is -2.12. The van der Waals surface area contributed by atoms with Crippen LogP contribution < -0.4 is 14.2 Å². The Kier molecular flexibility index (Phi) is 14.1. The number of unbranched alkanes of at least 4 members (excludes halogenated alkanes) is 6. The molecule has 0 aliphatic carbocycles. The summed E-state index contributed by atoms with van der Waals surface area (Å²) >= 11 is 0. The van der Waals surface area contributed by atoms with Gasteiger partial charge in [0, 0.05) is 12.2 Å². The van der Waals surface area contributed by atoms with Crippen LogP contribution >= 0.6 is 0 Å². The van der Waals surface area contributed by atoms with Gasteiger partial charge < -0.3 is 18.9 Å². The first-order valence-corrected chi connectivity index (χ1v) is 15.0. The van der Waals surface area contributed by atoms with Gasteiger partial charge in [-0.15, -0.1) is 0 Å². The maximum atomic E-state index is 13.0. The molecule has 0 heterocycles. The molecule has 0 saturated heterocycles. The van der Waals surface area contributed by atoms with Crippen LogP contribution in [0, 0.1) is 0 Å². The topological polar surface area (TPSA) is 54.0 Å². The molecule has 40 heavy (non-hydrogen) atoms. The summed E-state index contributed by atoms with van der Waals surface area (Å²) in [5.74, 6) is 1.44. The predicted octanol–water partition coefficient (Wildman–Crippen LogP) is 9.29. The molecule has 0 aliphatic rings. The highest BCUT2D eigenvalue weighted by Crippen LogP contribution is 2.31. The van der Waals surface area contributed by atoms with Gasteiger partial charge in [-0.3, -0.25) is 0 Å². The molecule has 0 amide bonds. The number of esters is 1. The third kappa shape index (κ3) is 11.1. The number of ether oxygens (including phenoxy) is 4. The van der Waals surface area contributed by atoms with Gasteiger partial charge in [0.1, 0.15) is 23.9 Å². The molecule has 0 N–H and O–H groups in total. The fourth-order valence-electron chi connectivity index (χ4n) is 4.47. The SMILES string of the molecule is CCCCCCOCCOc1cc(C(=O)Oc2ccc(OC(C)CCCCCC)cc2)ccc1-c1ccccc1. The van der Waals surface area contributed by atoms with Gasteiger partial charge in [-0.2, -0.15) is 0 Å². The van der Waals surface area contributed by atoms with Crippen molar-refractivity contribution in [3.05, 3.63) is 78.4 Å². The minimum Gasteiger partial charge on any atom is -0.491 e. The van der Waals surface area contributed by atoms with Crippen LogP contribution in [0.15, 0.2) is 72.8 Å². The Bertz CT molecular complexity index is 1110. The average Bonchev–Trinajstić information content (AvgIpc) is 2.98. The zero-order chi connectivity index (χ0) is 28.4. The summed E-state index contributed by atoms with van der Waals surface area (Å²) in [4.78, 5) is 13.0. The van der Waals surface area contributed by atoms with Crippen molar-refractivity contribution < 1.29 is 23.7 Å². The molecular formula is C35H46O5. The van der Waals surface area contributed by atoms with Crippen molar-refractivity contribution in [1.29, 1.82) is 0 Å². The van der Waals surface area contributed by atoms with E-state index in [1.807, 2.05) is 48.5 Å². The van der Waals surface area contributed by atoms with Crippen LogP contribution in [0.4, 0.5) is 0 Å². The van der Waals surface area contributed by atoms with Crippen molar-refractivity contribution in [3.63, 3.8) is 0 Å². The number of carbonyl (C=O) groups excluding carboxylic acids is 1. The molecule has 3 rings (SSSR count). The first-order valence-electron chi connectivity index (χ1n) is 15.0. The van der Waals surface area contributed by atoms with E-state index in [-0.39, 0.29) is 6.10 Å². The second-order valence-electron chi connectivity index (χ2n) is 10.2. The Hall–Kier alpha value is -3.31. The molecule has 3 aromatic carbocycles. The predicted molar refractivity (Wildman–Crippen MR) is 163 cm³/mol. The van der Waals surface area contributed by atoms with Crippen molar-refractivity contribution in [1.82, 2.24) is 0 Å². The van der Waals surface area contributed by atoms with E-state index in [2.05, 4.69) is 20.8 Å². The number of rotatable bonds is 19. The quantitative estimate of drug-likeness (QED) is 0.0852. The highest BCUT2D eigenvalue weighted by Gasteiger charge is 2.15. The average molecular weight is 547 g/mol. The molecule has 0 spiro atoms. The zero-order valence-corrected chi connectivity index (χ0v) is 24.5. The van der Waals surface area contributed by atoms with Gasteiger partial charge >= 0.3 is 5.97 Å². The number of carbonyl (C=O) groups is 1. The third-order valence-electron chi connectivity index (χ3n) is 6.77. The maximum absolute atomic E-state index is 13.0. The summed E-state index contributed by atoms with van der Waals surface area (Å²) < 4.78 is 23.5. The van der Waals surface area contributed by atoms with E-state index in [1.165, 1.54) is 44.9 Å². The third-order valence-corrected chi connectivity index (χ3v) is 6.77. The minimum absolute atomic E-state index is 0.151. The Morgan fingerprint density at radius 1 is 0.725 bits per heavy atom.